The molecule has 2 N–H and O–H groups in total. The molecular formula is C12H20O7. The summed E-state index contributed by atoms with van der Waals surface area (Å²) in [5.74, 6) is -2.01. The van der Waals surface area contributed by atoms with E-state index in [2.05, 4.69) is 0 Å². The van der Waals surface area contributed by atoms with Crippen molar-refractivity contribution in [3.8, 4) is 0 Å². The number of hydrogen-bond donors (Lipinski definition) is 2. The van der Waals surface area contributed by atoms with E-state index in [1.807, 2.05) is 0 Å². The summed E-state index contributed by atoms with van der Waals surface area (Å²) in [7, 11) is 0. The Labute approximate surface area is 111 Å². The van der Waals surface area contributed by atoms with Gasteiger partial charge in [-0.25, -0.2) is 0 Å². The van der Waals surface area contributed by atoms with Gasteiger partial charge in [-0.2, -0.15) is 0 Å². The highest BCUT2D eigenvalue weighted by Gasteiger charge is 2.64. The number of fused-ring (bicyclic) bond motifs is 1. The topological polar surface area (TPSA) is 86.6 Å². The molecule has 0 aliphatic carbocycles. The molecule has 0 amide bonds. The lowest BCUT2D eigenvalue weighted by Crippen LogP contribution is -2.43. The highest BCUT2D eigenvalue weighted by molar-refractivity contribution is 5.03. The minimum atomic E-state index is -1.31. The van der Waals surface area contributed by atoms with E-state index < -0.39 is 42.3 Å². The average molecular weight is 276 g/mol. The molecule has 3 fully saturated rings. The maximum absolute atomic E-state index is 10.3. The van der Waals surface area contributed by atoms with E-state index >= 15 is 0 Å². The second kappa shape index (κ2) is 4.36. The molecule has 7 nitrogen and oxygen atoms in total. The van der Waals surface area contributed by atoms with Crippen LogP contribution in [0.2, 0.25) is 0 Å². The van der Waals surface area contributed by atoms with E-state index in [0.29, 0.717) is 6.61 Å². The quantitative estimate of drug-likeness (QED) is 0.693. The number of aliphatic hydroxyl groups excluding tert-OH is 2. The molecule has 3 rings (SSSR count). The second-order valence-corrected chi connectivity index (χ2v) is 5.65. The van der Waals surface area contributed by atoms with E-state index in [4.69, 9.17) is 23.7 Å². The van der Waals surface area contributed by atoms with Crippen molar-refractivity contribution in [1.82, 2.24) is 0 Å². The summed E-state index contributed by atoms with van der Waals surface area (Å²) in [6, 6.07) is 0. The standard InChI is InChI=1S/C12H20O7/c1-6-16-10-8(14)9(19-12(10,5-13)17-6)7-4-15-11(2,3)18-7/h6-10,13-14H,4-5H2,1-3H3. The molecule has 110 valence electrons. The Morgan fingerprint density at radius 3 is 2.47 bits per heavy atom. The van der Waals surface area contributed by atoms with Gasteiger partial charge in [0.25, 0.3) is 0 Å². The third-order valence-corrected chi connectivity index (χ3v) is 3.74. The van der Waals surface area contributed by atoms with E-state index in [0.717, 1.165) is 0 Å². The van der Waals surface area contributed by atoms with Crippen LogP contribution in [0, 0.1) is 0 Å². The van der Waals surface area contributed by atoms with Gasteiger partial charge in [0.15, 0.2) is 12.1 Å². The van der Waals surface area contributed by atoms with Crippen LogP contribution in [0.4, 0.5) is 0 Å². The van der Waals surface area contributed by atoms with Gasteiger partial charge in [-0.15, -0.1) is 0 Å². The summed E-state index contributed by atoms with van der Waals surface area (Å²) in [6.07, 6.45) is -3.23. The Morgan fingerprint density at radius 1 is 1.21 bits per heavy atom. The molecule has 0 aromatic heterocycles. The highest BCUT2D eigenvalue weighted by Crippen LogP contribution is 2.43. The molecule has 0 aromatic carbocycles. The van der Waals surface area contributed by atoms with Crippen LogP contribution in [0.5, 0.6) is 0 Å². The summed E-state index contributed by atoms with van der Waals surface area (Å²) in [6.45, 7) is 5.22. The Balaban J connectivity index is 1.77. The molecule has 3 aliphatic rings. The van der Waals surface area contributed by atoms with E-state index in [-0.39, 0.29) is 6.61 Å². The zero-order chi connectivity index (χ0) is 13.8. The minimum Gasteiger partial charge on any atom is -0.391 e. The predicted octanol–water partition coefficient (Wildman–Crippen LogP) is -0.652. The van der Waals surface area contributed by atoms with Crippen molar-refractivity contribution in [1.29, 1.82) is 0 Å². The first-order valence-electron chi connectivity index (χ1n) is 6.49. The summed E-state index contributed by atoms with van der Waals surface area (Å²) in [4.78, 5) is 0. The van der Waals surface area contributed by atoms with Crippen molar-refractivity contribution in [2.24, 2.45) is 0 Å². The van der Waals surface area contributed by atoms with Crippen molar-refractivity contribution in [2.75, 3.05) is 13.2 Å². The summed E-state index contributed by atoms with van der Waals surface area (Å²) >= 11 is 0. The second-order valence-electron chi connectivity index (χ2n) is 5.65. The summed E-state index contributed by atoms with van der Waals surface area (Å²) in [5.41, 5.74) is 0. The minimum absolute atomic E-state index is 0.318. The molecule has 0 saturated carbocycles. The smallest absolute Gasteiger partial charge is 0.224 e. The van der Waals surface area contributed by atoms with Gasteiger partial charge in [-0.3, -0.25) is 0 Å². The fourth-order valence-corrected chi connectivity index (χ4v) is 2.93. The Bertz CT molecular complexity index is 360. The van der Waals surface area contributed by atoms with Crippen molar-refractivity contribution in [3.05, 3.63) is 0 Å². The van der Waals surface area contributed by atoms with Crippen molar-refractivity contribution < 1.29 is 33.9 Å². The maximum atomic E-state index is 10.3. The lowest BCUT2D eigenvalue weighted by molar-refractivity contribution is -0.259. The van der Waals surface area contributed by atoms with Gasteiger partial charge in [-0.05, 0) is 20.8 Å². The van der Waals surface area contributed by atoms with Gasteiger partial charge in [0.2, 0.25) is 5.79 Å². The molecule has 7 heteroatoms. The van der Waals surface area contributed by atoms with Crippen molar-refractivity contribution >= 4 is 0 Å². The Hall–Kier alpha value is -0.280. The monoisotopic (exact) mass is 276 g/mol. The highest BCUT2D eigenvalue weighted by atomic mass is 16.9. The fourth-order valence-electron chi connectivity index (χ4n) is 2.93. The van der Waals surface area contributed by atoms with Crippen molar-refractivity contribution in [2.45, 2.75) is 63.1 Å². The third kappa shape index (κ3) is 2.09. The van der Waals surface area contributed by atoms with E-state index in [9.17, 15) is 10.2 Å². The largest absolute Gasteiger partial charge is 0.391 e. The molecule has 0 spiro atoms. The van der Waals surface area contributed by atoms with Crippen LogP contribution >= 0.6 is 0 Å². The van der Waals surface area contributed by atoms with Gasteiger partial charge in [0.05, 0.1) is 6.61 Å². The molecular weight excluding hydrogens is 256 g/mol. The average Bonchev–Trinajstić information content (AvgIpc) is 2.92. The molecule has 0 aromatic rings. The van der Waals surface area contributed by atoms with Gasteiger partial charge < -0.3 is 33.9 Å². The fraction of sp³-hybridized carbons (Fsp3) is 1.00. The molecule has 3 saturated heterocycles. The molecule has 3 heterocycles. The molecule has 0 bridgehead atoms. The molecule has 6 unspecified atom stereocenters. The van der Waals surface area contributed by atoms with E-state index in [1.165, 1.54) is 0 Å². The lowest BCUT2D eigenvalue weighted by atomic mass is 10.0. The van der Waals surface area contributed by atoms with Crippen LogP contribution in [0.1, 0.15) is 20.8 Å². The van der Waals surface area contributed by atoms with Crippen LogP contribution in [-0.4, -0.2) is 65.7 Å². The predicted molar refractivity (Wildman–Crippen MR) is 61.0 cm³/mol. The van der Waals surface area contributed by atoms with Crippen LogP contribution in [0.15, 0.2) is 0 Å². The summed E-state index contributed by atoms with van der Waals surface area (Å²) < 4.78 is 27.8. The number of rotatable bonds is 2. The first-order valence-corrected chi connectivity index (χ1v) is 6.49. The molecule has 19 heavy (non-hydrogen) atoms. The number of ether oxygens (including phenoxy) is 5. The van der Waals surface area contributed by atoms with Gasteiger partial charge in [-0.1, -0.05) is 0 Å². The number of hydrogen-bond acceptors (Lipinski definition) is 7. The lowest BCUT2D eigenvalue weighted by Gasteiger charge is -2.26. The van der Waals surface area contributed by atoms with Crippen LogP contribution in [0.3, 0.4) is 0 Å². The maximum Gasteiger partial charge on any atom is 0.224 e. The third-order valence-electron chi connectivity index (χ3n) is 3.74. The zero-order valence-electron chi connectivity index (χ0n) is 11.2. The van der Waals surface area contributed by atoms with Crippen molar-refractivity contribution in [3.63, 3.8) is 0 Å². The van der Waals surface area contributed by atoms with Gasteiger partial charge in [0, 0.05) is 0 Å². The summed E-state index contributed by atoms with van der Waals surface area (Å²) in [5, 5.41) is 19.8. The molecule has 3 aliphatic heterocycles. The Morgan fingerprint density at radius 2 is 1.95 bits per heavy atom. The first-order chi connectivity index (χ1) is 8.87. The normalized spacial score (nSPS) is 52.6. The molecule has 6 atom stereocenters. The van der Waals surface area contributed by atoms with Gasteiger partial charge >= 0.3 is 0 Å². The van der Waals surface area contributed by atoms with Crippen LogP contribution in [-0.2, 0) is 23.7 Å². The molecule has 0 radical (unpaired) electrons. The Kier molecular flexibility index (Phi) is 3.14. The van der Waals surface area contributed by atoms with Crippen LogP contribution < -0.4 is 0 Å². The first kappa shape index (κ1) is 13.7. The SMILES string of the molecule is CC1OC2C(O)C(C3COC(C)(C)O3)OC2(CO)O1. The van der Waals surface area contributed by atoms with Crippen LogP contribution in [0.25, 0.3) is 0 Å². The van der Waals surface area contributed by atoms with E-state index in [1.54, 1.807) is 20.8 Å². The zero-order valence-corrected chi connectivity index (χ0v) is 11.2. The van der Waals surface area contributed by atoms with Gasteiger partial charge in [0.1, 0.15) is 31.0 Å². The number of aliphatic hydroxyl groups is 2.